The quantitative estimate of drug-likeness (QED) is 0.755. The van der Waals surface area contributed by atoms with Gasteiger partial charge in [0.15, 0.2) is 0 Å². The number of amides is 1. The maximum atomic E-state index is 12.6. The first-order chi connectivity index (χ1) is 13.6. The summed E-state index contributed by atoms with van der Waals surface area (Å²) in [5, 5.41) is 11.9. The van der Waals surface area contributed by atoms with Crippen molar-refractivity contribution in [1.29, 1.82) is 0 Å². The number of carboxylic acid groups (broad SMARTS) is 1. The van der Waals surface area contributed by atoms with Crippen molar-refractivity contribution in [2.75, 3.05) is 19.6 Å². The number of carbonyl (C=O) groups is 2. The zero-order valence-corrected chi connectivity index (χ0v) is 17.3. The minimum atomic E-state index is -0.250. The lowest BCUT2D eigenvalue weighted by atomic mass is 9.71. The number of rotatable bonds is 5. The average molecular weight is 411 g/mol. The molecule has 4 atom stereocenters. The molecule has 1 N–H and O–H groups in total. The highest BCUT2D eigenvalue weighted by atomic mass is 35.5. The van der Waals surface area contributed by atoms with Crippen molar-refractivity contribution in [3.05, 3.63) is 17.4 Å². The molecule has 156 valence electrons. The monoisotopic (exact) mass is 410 g/mol. The zero-order chi connectivity index (χ0) is 20.1. The summed E-state index contributed by atoms with van der Waals surface area (Å²) in [7, 11) is 0. The number of nitrogens with zero attached hydrogens (tertiary/aromatic N) is 4. The van der Waals surface area contributed by atoms with Gasteiger partial charge in [0, 0.05) is 44.3 Å². The highest BCUT2D eigenvalue weighted by Gasteiger charge is 2.48. The number of hydrogen-bond donors (Lipinski definition) is 1. The third kappa shape index (κ3) is 4.69. The SMILES string of the molecule is CCC[C@H]1[C@H]2C[C@H](CN(CCn3cc(Cl)cn3)C2)[C@@H]2CCCC(=O)N21.O=CO. The second-order valence-corrected chi connectivity index (χ2v) is 8.60. The third-order valence-corrected chi connectivity index (χ3v) is 6.60. The van der Waals surface area contributed by atoms with Crippen LogP contribution in [-0.2, 0) is 16.1 Å². The number of fused-ring (bicyclic) bond motifs is 4. The molecule has 4 heterocycles. The van der Waals surface area contributed by atoms with Crippen molar-refractivity contribution < 1.29 is 14.7 Å². The molecule has 0 aliphatic carbocycles. The summed E-state index contributed by atoms with van der Waals surface area (Å²) >= 11 is 5.97. The molecule has 1 amide bonds. The molecule has 0 aromatic carbocycles. The van der Waals surface area contributed by atoms with Gasteiger partial charge in [0.25, 0.3) is 6.47 Å². The van der Waals surface area contributed by atoms with Crippen LogP contribution in [0.2, 0.25) is 5.02 Å². The number of carbonyl (C=O) groups excluding carboxylic acids is 1. The van der Waals surface area contributed by atoms with E-state index >= 15 is 0 Å². The molecule has 8 heteroatoms. The fraction of sp³-hybridized carbons (Fsp3) is 0.750. The fourth-order valence-electron chi connectivity index (χ4n) is 5.43. The Morgan fingerprint density at radius 2 is 2.07 bits per heavy atom. The lowest BCUT2D eigenvalue weighted by molar-refractivity contribution is -0.153. The zero-order valence-electron chi connectivity index (χ0n) is 16.5. The van der Waals surface area contributed by atoms with Gasteiger partial charge in [0.05, 0.1) is 17.8 Å². The Hall–Kier alpha value is -1.60. The average Bonchev–Trinajstić information content (AvgIpc) is 3.10. The lowest BCUT2D eigenvalue weighted by Gasteiger charge is -2.56. The van der Waals surface area contributed by atoms with Gasteiger partial charge in [0.2, 0.25) is 5.91 Å². The summed E-state index contributed by atoms with van der Waals surface area (Å²) < 4.78 is 1.94. The van der Waals surface area contributed by atoms with Gasteiger partial charge in [-0.25, -0.2) is 0 Å². The van der Waals surface area contributed by atoms with Crippen LogP contribution in [0.1, 0.15) is 45.4 Å². The number of aromatic nitrogens is 2. The maximum Gasteiger partial charge on any atom is 0.290 e. The van der Waals surface area contributed by atoms with Gasteiger partial charge >= 0.3 is 0 Å². The smallest absolute Gasteiger partial charge is 0.290 e. The molecule has 3 saturated heterocycles. The van der Waals surface area contributed by atoms with E-state index < -0.39 is 0 Å². The van der Waals surface area contributed by atoms with Crippen LogP contribution < -0.4 is 0 Å². The number of hydrogen-bond acceptors (Lipinski definition) is 4. The first-order valence-corrected chi connectivity index (χ1v) is 10.7. The minimum absolute atomic E-state index is 0.250. The molecule has 0 spiro atoms. The fourth-order valence-corrected chi connectivity index (χ4v) is 5.58. The van der Waals surface area contributed by atoms with Crippen molar-refractivity contribution >= 4 is 24.0 Å². The maximum absolute atomic E-state index is 12.6. The van der Waals surface area contributed by atoms with Gasteiger partial charge in [-0.1, -0.05) is 24.9 Å². The molecule has 0 saturated carbocycles. The molecular weight excluding hydrogens is 380 g/mol. The Bertz CT molecular complexity index is 668. The van der Waals surface area contributed by atoms with Crippen molar-refractivity contribution in [2.45, 2.75) is 64.1 Å². The molecule has 3 aliphatic rings. The molecule has 3 fully saturated rings. The summed E-state index contributed by atoms with van der Waals surface area (Å²) in [5.41, 5.74) is 0. The molecule has 3 aliphatic heterocycles. The molecule has 28 heavy (non-hydrogen) atoms. The van der Waals surface area contributed by atoms with Crippen LogP contribution in [0.15, 0.2) is 12.4 Å². The van der Waals surface area contributed by atoms with E-state index in [0.717, 1.165) is 51.9 Å². The summed E-state index contributed by atoms with van der Waals surface area (Å²) in [6, 6.07) is 0.942. The number of likely N-dealkylation sites (tertiary alicyclic amines) is 1. The van der Waals surface area contributed by atoms with E-state index in [-0.39, 0.29) is 6.47 Å². The summed E-state index contributed by atoms with van der Waals surface area (Å²) in [6.45, 7) is 6.14. The Kier molecular flexibility index (Phi) is 7.35. The standard InChI is InChI=1S/C19H29ClN4O.CH2O2/c1-2-4-17-14-9-15(18-5-3-6-19(25)24(17)18)12-22(11-14)7-8-23-13-16(20)10-21-23;2-1-3/h10,13-15,17-18H,2-9,11-12H2,1H3;1H,(H,2,3)/t14-,15+,17-,18-;/m0./s1. The predicted molar refractivity (Wildman–Crippen MR) is 107 cm³/mol. The van der Waals surface area contributed by atoms with Crippen molar-refractivity contribution in [3.8, 4) is 0 Å². The Morgan fingerprint density at radius 3 is 2.75 bits per heavy atom. The first-order valence-electron chi connectivity index (χ1n) is 10.4. The molecule has 4 rings (SSSR count). The summed E-state index contributed by atoms with van der Waals surface area (Å²) in [5.74, 6) is 1.71. The molecule has 1 aromatic heterocycles. The Balaban J connectivity index is 0.000000706. The van der Waals surface area contributed by atoms with E-state index in [1.54, 1.807) is 6.20 Å². The second-order valence-electron chi connectivity index (χ2n) is 8.16. The lowest BCUT2D eigenvalue weighted by Crippen LogP contribution is -2.65. The molecule has 7 nitrogen and oxygen atoms in total. The normalized spacial score (nSPS) is 29.6. The molecule has 1 aromatic rings. The van der Waals surface area contributed by atoms with E-state index in [2.05, 4.69) is 21.8 Å². The van der Waals surface area contributed by atoms with Crippen LogP contribution in [0.3, 0.4) is 0 Å². The summed E-state index contributed by atoms with van der Waals surface area (Å²) in [6.07, 6.45) is 10.3. The topological polar surface area (TPSA) is 78.7 Å². The van der Waals surface area contributed by atoms with Gasteiger partial charge in [-0.05, 0) is 37.5 Å². The predicted octanol–water partition coefficient (Wildman–Crippen LogP) is 2.74. The van der Waals surface area contributed by atoms with Gasteiger partial charge in [-0.15, -0.1) is 0 Å². The van der Waals surface area contributed by atoms with Crippen LogP contribution >= 0.6 is 11.6 Å². The Morgan fingerprint density at radius 1 is 1.32 bits per heavy atom. The minimum Gasteiger partial charge on any atom is -0.483 e. The van der Waals surface area contributed by atoms with Crippen molar-refractivity contribution in [1.82, 2.24) is 19.6 Å². The van der Waals surface area contributed by atoms with Crippen LogP contribution in [-0.4, -0.2) is 68.8 Å². The number of halogens is 1. The van der Waals surface area contributed by atoms with Crippen LogP contribution in [0.4, 0.5) is 0 Å². The van der Waals surface area contributed by atoms with Gasteiger partial charge in [0.1, 0.15) is 0 Å². The number of piperidine rings is 3. The van der Waals surface area contributed by atoms with E-state index in [9.17, 15) is 4.79 Å². The van der Waals surface area contributed by atoms with Crippen molar-refractivity contribution in [2.24, 2.45) is 11.8 Å². The molecule has 2 bridgehead atoms. The highest BCUT2D eigenvalue weighted by molar-refractivity contribution is 6.30. The second kappa shape index (κ2) is 9.74. The third-order valence-electron chi connectivity index (χ3n) is 6.40. The van der Waals surface area contributed by atoms with Crippen LogP contribution in [0.25, 0.3) is 0 Å². The van der Waals surface area contributed by atoms with Crippen LogP contribution in [0, 0.1) is 11.8 Å². The Labute approximate surface area is 171 Å². The first kappa shape index (κ1) is 21.1. The summed E-state index contributed by atoms with van der Waals surface area (Å²) in [4.78, 5) is 25.9. The van der Waals surface area contributed by atoms with Gasteiger partial charge < -0.3 is 14.9 Å². The van der Waals surface area contributed by atoms with E-state index in [1.165, 1.54) is 12.8 Å². The molecular formula is C20H31ClN4O3. The molecule has 0 unspecified atom stereocenters. The van der Waals surface area contributed by atoms with Gasteiger partial charge in [-0.2, -0.15) is 5.10 Å². The van der Waals surface area contributed by atoms with E-state index in [4.69, 9.17) is 21.5 Å². The molecule has 0 radical (unpaired) electrons. The van der Waals surface area contributed by atoms with E-state index in [1.807, 2.05) is 10.9 Å². The van der Waals surface area contributed by atoms with Crippen LogP contribution in [0.5, 0.6) is 0 Å². The van der Waals surface area contributed by atoms with Crippen molar-refractivity contribution in [3.63, 3.8) is 0 Å². The highest BCUT2D eigenvalue weighted by Crippen LogP contribution is 2.42. The van der Waals surface area contributed by atoms with E-state index in [0.29, 0.717) is 34.8 Å². The largest absolute Gasteiger partial charge is 0.483 e. The van der Waals surface area contributed by atoms with Gasteiger partial charge in [-0.3, -0.25) is 14.3 Å².